The second-order valence-corrected chi connectivity index (χ2v) is 5.85. The Morgan fingerprint density at radius 1 is 1.28 bits per heavy atom. The van der Waals surface area contributed by atoms with Crippen molar-refractivity contribution in [1.29, 1.82) is 5.26 Å². The number of non-ortho nitro benzene ring substituents is 1. The first-order valence-corrected chi connectivity index (χ1v) is 8.13. The Hall–Kier alpha value is -3.94. The number of benzene rings is 1. The Kier molecular flexibility index (Phi) is 5.45. The number of anilines is 1. The Morgan fingerprint density at radius 3 is 2.76 bits per heavy atom. The minimum atomic E-state index is -4.49. The summed E-state index contributed by atoms with van der Waals surface area (Å²) in [6, 6.07) is 10.4. The smallest absolute Gasteiger partial charge is 0.422 e. The van der Waals surface area contributed by atoms with E-state index in [0.717, 1.165) is 0 Å². The van der Waals surface area contributed by atoms with Gasteiger partial charge in [0.05, 0.1) is 22.1 Å². The molecule has 3 rings (SSSR count). The van der Waals surface area contributed by atoms with E-state index in [9.17, 15) is 28.5 Å². The molecule has 0 aliphatic heterocycles. The van der Waals surface area contributed by atoms with Crippen LogP contribution in [0.1, 0.15) is 11.1 Å². The van der Waals surface area contributed by atoms with Crippen molar-refractivity contribution in [2.24, 2.45) is 0 Å². The van der Waals surface area contributed by atoms with Gasteiger partial charge in [-0.1, -0.05) is 6.07 Å². The lowest BCUT2D eigenvalue weighted by atomic mass is 10.1. The second kappa shape index (κ2) is 7.97. The first-order chi connectivity index (χ1) is 13.8. The van der Waals surface area contributed by atoms with Gasteiger partial charge in [-0.15, -0.1) is 0 Å². The van der Waals surface area contributed by atoms with Crippen molar-refractivity contribution in [1.82, 2.24) is 9.97 Å². The standard InChI is InChI=1S/C18H12F3N5O3/c19-18(20,21)10-29-17-11(2-1-5-23-17)9-24-16-6-12(8-22)14-7-13(26(27)28)3-4-15(14)25-16/h1-7H,9-10H2,(H,24,25). The van der Waals surface area contributed by atoms with Crippen molar-refractivity contribution >= 4 is 22.4 Å². The average molecular weight is 403 g/mol. The minimum Gasteiger partial charge on any atom is -0.468 e. The Morgan fingerprint density at radius 2 is 2.07 bits per heavy atom. The van der Waals surface area contributed by atoms with Crippen LogP contribution in [0.15, 0.2) is 42.6 Å². The van der Waals surface area contributed by atoms with Crippen LogP contribution in [0.4, 0.5) is 24.7 Å². The van der Waals surface area contributed by atoms with Gasteiger partial charge < -0.3 is 10.1 Å². The zero-order valence-electron chi connectivity index (χ0n) is 14.6. The predicted octanol–water partition coefficient (Wildman–Crippen LogP) is 3.96. The van der Waals surface area contributed by atoms with Crippen LogP contribution < -0.4 is 10.1 Å². The van der Waals surface area contributed by atoms with Crippen LogP contribution in [-0.4, -0.2) is 27.7 Å². The topological polar surface area (TPSA) is 114 Å². The highest BCUT2D eigenvalue weighted by Gasteiger charge is 2.29. The Balaban J connectivity index is 1.84. The Bertz CT molecular complexity index is 1110. The molecule has 8 nitrogen and oxygen atoms in total. The summed E-state index contributed by atoms with van der Waals surface area (Å²) in [5.74, 6) is 0.0998. The molecule has 1 aromatic carbocycles. The van der Waals surface area contributed by atoms with Gasteiger partial charge in [0.25, 0.3) is 5.69 Å². The molecular formula is C18H12F3N5O3. The molecule has 0 fully saturated rings. The third-order valence-electron chi connectivity index (χ3n) is 3.81. The van der Waals surface area contributed by atoms with Gasteiger partial charge in [0.1, 0.15) is 5.82 Å². The molecule has 148 valence electrons. The fourth-order valence-corrected chi connectivity index (χ4v) is 2.53. The third kappa shape index (κ3) is 4.86. The number of nitro groups is 1. The maximum atomic E-state index is 12.4. The number of ether oxygens (including phenoxy) is 1. The summed E-state index contributed by atoms with van der Waals surface area (Å²) in [7, 11) is 0. The van der Waals surface area contributed by atoms with Crippen molar-refractivity contribution in [2.45, 2.75) is 12.7 Å². The summed E-state index contributed by atoms with van der Waals surface area (Å²) in [6.07, 6.45) is -3.18. The summed E-state index contributed by atoms with van der Waals surface area (Å²) < 4.78 is 41.9. The SMILES string of the molecule is N#Cc1cc(NCc2cccnc2OCC(F)(F)F)nc2ccc([N+](=O)[O-])cc12. The number of aromatic nitrogens is 2. The molecule has 0 bridgehead atoms. The van der Waals surface area contributed by atoms with E-state index >= 15 is 0 Å². The lowest BCUT2D eigenvalue weighted by molar-refractivity contribution is -0.384. The van der Waals surface area contributed by atoms with Crippen molar-refractivity contribution < 1.29 is 22.8 Å². The zero-order chi connectivity index (χ0) is 21.0. The van der Waals surface area contributed by atoms with Crippen LogP contribution in [0.5, 0.6) is 5.88 Å². The highest BCUT2D eigenvalue weighted by atomic mass is 19.4. The lowest BCUT2D eigenvalue weighted by Crippen LogP contribution is -2.20. The maximum absolute atomic E-state index is 12.4. The molecule has 1 N–H and O–H groups in total. The number of nitrogens with one attached hydrogen (secondary N) is 1. The van der Waals surface area contributed by atoms with Crippen molar-refractivity contribution in [3.8, 4) is 11.9 Å². The normalized spacial score (nSPS) is 11.1. The van der Waals surface area contributed by atoms with Gasteiger partial charge in [-0.3, -0.25) is 10.1 Å². The first-order valence-electron chi connectivity index (χ1n) is 8.13. The fraction of sp³-hybridized carbons (Fsp3) is 0.167. The number of hydrogen-bond donors (Lipinski definition) is 1. The van der Waals surface area contributed by atoms with Gasteiger partial charge in [0.15, 0.2) is 6.61 Å². The molecule has 0 radical (unpaired) electrons. The number of hydrogen-bond acceptors (Lipinski definition) is 7. The van der Waals surface area contributed by atoms with Crippen LogP contribution in [0.25, 0.3) is 10.9 Å². The number of alkyl halides is 3. The summed E-state index contributed by atoms with van der Waals surface area (Å²) >= 11 is 0. The number of halogens is 3. The maximum Gasteiger partial charge on any atom is 0.422 e. The largest absolute Gasteiger partial charge is 0.468 e. The number of fused-ring (bicyclic) bond motifs is 1. The quantitative estimate of drug-likeness (QED) is 0.489. The van der Waals surface area contributed by atoms with Gasteiger partial charge in [-0.25, -0.2) is 9.97 Å². The molecular weight excluding hydrogens is 391 g/mol. The highest BCUT2D eigenvalue weighted by molar-refractivity contribution is 5.88. The van der Waals surface area contributed by atoms with Crippen LogP contribution in [0.3, 0.4) is 0 Å². The molecule has 0 amide bonds. The number of nitro benzene ring substituents is 1. The molecule has 0 saturated heterocycles. The molecule has 0 atom stereocenters. The number of pyridine rings is 2. The molecule has 0 spiro atoms. The van der Waals surface area contributed by atoms with E-state index < -0.39 is 17.7 Å². The van der Waals surface area contributed by atoms with Gasteiger partial charge in [0.2, 0.25) is 5.88 Å². The molecule has 11 heteroatoms. The summed E-state index contributed by atoms with van der Waals surface area (Å²) in [5.41, 5.74) is 0.719. The summed E-state index contributed by atoms with van der Waals surface area (Å²) in [4.78, 5) is 18.4. The zero-order valence-corrected chi connectivity index (χ0v) is 14.6. The van der Waals surface area contributed by atoms with E-state index in [2.05, 4.69) is 15.3 Å². The third-order valence-corrected chi connectivity index (χ3v) is 3.81. The van der Waals surface area contributed by atoms with Crippen molar-refractivity contribution in [2.75, 3.05) is 11.9 Å². The van der Waals surface area contributed by atoms with Crippen LogP contribution >= 0.6 is 0 Å². The van der Waals surface area contributed by atoms with E-state index in [1.54, 1.807) is 12.1 Å². The van der Waals surface area contributed by atoms with Crippen LogP contribution in [0, 0.1) is 21.4 Å². The van der Waals surface area contributed by atoms with E-state index in [-0.39, 0.29) is 29.5 Å². The average Bonchev–Trinajstić information content (AvgIpc) is 2.69. The van der Waals surface area contributed by atoms with Gasteiger partial charge >= 0.3 is 6.18 Å². The number of nitrogens with zero attached hydrogens (tertiary/aromatic N) is 4. The van der Waals surface area contributed by atoms with Gasteiger partial charge in [-0.2, -0.15) is 18.4 Å². The minimum absolute atomic E-state index is 0.0391. The van der Waals surface area contributed by atoms with E-state index in [4.69, 9.17) is 4.74 Å². The van der Waals surface area contributed by atoms with Crippen molar-refractivity contribution in [3.63, 3.8) is 0 Å². The predicted molar refractivity (Wildman–Crippen MR) is 96.2 cm³/mol. The highest BCUT2D eigenvalue weighted by Crippen LogP contribution is 2.26. The molecule has 0 saturated carbocycles. The molecule has 0 unspecified atom stereocenters. The fourth-order valence-electron chi connectivity index (χ4n) is 2.53. The van der Waals surface area contributed by atoms with Crippen molar-refractivity contribution in [3.05, 3.63) is 63.8 Å². The first kappa shape index (κ1) is 19.8. The second-order valence-electron chi connectivity index (χ2n) is 5.85. The molecule has 2 aromatic heterocycles. The molecule has 2 heterocycles. The summed E-state index contributed by atoms with van der Waals surface area (Å²) in [6.45, 7) is -1.43. The van der Waals surface area contributed by atoms with Gasteiger partial charge in [-0.05, 0) is 18.2 Å². The van der Waals surface area contributed by atoms with Gasteiger partial charge in [0, 0.05) is 35.8 Å². The van der Waals surface area contributed by atoms with Crippen LogP contribution in [0.2, 0.25) is 0 Å². The number of nitriles is 1. The monoisotopic (exact) mass is 403 g/mol. The molecule has 0 aliphatic rings. The van der Waals surface area contributed by atoms with E-state index in [1.807, 2.05) is 6.07 Å². The lowest BCUT2D eigenvalue weighted by Gasteiger charge is -2.13. The number of rotatable bonds is 6. The molecule has 3 aromatic rings. The Labute approximate surface area is 161 Å². The van der Waals surface area contributed by atoms with E-state index in [1.165, 1.54) is 30.5 Å². The molecule has 0 aliphatic carbocycles. The molecule has 29 heavy (non-hydrogen) atoms. The van der Waals surface area contributed by atoms with E-state index in [0.29, 0.717) is 16.5 Å². The summed E-state index contributed by atoms with van der Waals surface area (Å²) in [5, 5.41) is 23.5. The van der Waals surface area contributed by atoms with Crippen LogP contribution in [-0.2, 0) is 6.54 Å².